The summed E-state index contributed by atoms with van der Waals surface area (Å²) < 4.78 is 25.7. The van der Waals surface area contributed by atoms with Crippen molar-refractivity contribution in [2.75, 3.05) is 5.75 Å². The van der Waals surface area contributed by atoms with Crippen LogP contribution < -0.4 is 4.72 Å². The third-order valence-electron chi connectivity index (χ3n) is 1.76. The molecule has 1 aromatic carbocycles. The van der Waals surface area contributed by atoms with Gasteiger partial charge in [-0.3, -0.25) is 4.79 Å². The lowest BCUT2D eigenvalue weighted by molar-refractivity contribution is 0.0978. The molecule has 0 spiro atoms. The largest absolute Gasteiger partial charge is 0.287 e. The minimum absolute atomic E-state index is 0.126. The van der Waals surface area contributed by atoms with Gasteiger partial charge in [-0.1, -0.05) is 24.6 Å². The van der Waals surface area contributed by atoms with Crippen molar-refractivity contribution >= 4 is 27.5 Å². The Bertz CT molecular complexity index is 485. The summed E-state index contributed by atoms with van der Waals surface area (Å²) in [4.78, 5) is 11.5. The van der Waals surface area contributed by atoms with E-state index in [2.05, 4.69) is 4.72 Å². The quantitative estimate of drug-likeness (QED) is 0.829. The number of carbonyl (C=O) groups excluding carboxylic acids is 1. The fourth-order valence-electron chi connectivity index (χ4n) is 1.10. The van der Waals surface area contributed by atoms with E-state index >= 15 is 0 Å². The molecule has 0 atom stereocenters. The lowest BCUT2D eigenvalue weighted by atomic mass is 10.2. The molecule has 1 amide bonds. The Hall–Kier alpha value is -1.07. The molecule has 0 heterocycles. The van der Waals surface area contributed by atoms with Crippen molar-refractivity contribution in [3.63, 3.8) is 0 Å². The van der Waals surface area contributed by atoms with Gasteiger partial charge in [-0.2, -0.15) is 0 Å². The molecule has 16 heavy (non-hydrogen) atoms. The first kappa shape index (κ1) is 13.0. The normalized spacial score (nSPS) is 11.1. The van der Waals surface area contributed by atoms with Gasteiger partial charge in [0.05, 0.1) is 5.75 Å². The fraction of sp³-hybridized carbons (Fsp3) is 0.300. The lowest BCUT2D eigenvalue weighted by Gasteiger charge is -2.02. The summed E-state index contributed by atoms with van der Waals surface area (Å²) in [6.45, 7) is 1.71. The number of hydrogen-bond donors (Lipinski definition) is 0. The highest BCUT2D eigenvalue weighted by molar-refractivity contribution is 7.89. The number of benzene rings is 1. The second-order valence-corrected chi connectivity index (χ2v) is 5.38. The van der Waals surface area contributed by atoms with E-state index in [4.69, 9.17) is 11.6 Å². The summed E-state index contributed by atoms with van der Waals surface area (Å²) >= 11 is 5.68. The van der Waals surface area contributed by atoms with Crippen molar-refractivity contribution in [3.05, 3.63) is 34.9 Å². The Kier molecular flexibility index (Phi) is 4.32. The van der Waals surface area contributed by atoms with Crippen molar-refractivity contribution in [1.82, 2.24) is 4.72 Å². The van der Waals surface area contributed by atoms with Crippen molar-refractivity contribution < 1.29 is 13.2 Å². The number of nitrogens with zero attached hydrogens (tertiary/aromatic N) is 1. The zero-order chi connectivity index (χ0) is 12.2. The molecule has 0 bridgehead atoms. The van der Waals surface area contributed by atoms with Crippen LogP contribution in [0.2, 0.25) is 5.02 Å². The SMILES string of the molecule is CCCS(=O)(=O)[N]C(=O)c1cccc(Cl)c1. The number of hydrogen-bond acceptors (Lipinski definition) is 3. The molecule has 0 unspecified atom stereocenters. The van der Waals surface area contributed by atoms with E-state index in [1.165, 1.54) is 12.1 Å². The molecule has 0 aromatic heterocycles. The third-order valence-corrected chi connectivity index (χ3v) is 3.36. The monoisotopic (exact) mass is 260 g/mol. The molecule has 1 aromatic rings. The molecule has 6 heteroatoms. The number of carbonyl (C=O) groups is 1. The molecule has 0 aliphatic carbocycles. The minimum atomic E-state index is -3.66. The van der Waals surface area contributed by atoms with E-state index in [1.807, 2.05) is 0 Å². The molecule has 1 rings (SSSR count). The van der Waals surface area contributed by atoms with Gasteiger partial charge in [0, 0.05) is 10.6 Å². The maximum Gasteiger partial charge on any atom is 0.287 e. The molecule has 0 N–H and O–H groups in total. The number of rotatable bonds is 4. The Morgan fingerprint density at radius 2 is 2.12 bits per heavy atom. The van der Waals surface area contributed by atoms with E-state index in [9.17, 15) is 13.2 Å². The van der Waals surface area contributed by atoms with E-state index in [1.54, 1.807) is 19.1 Å². The Morgan fingerprint density at radius 3 is 2.69 bits per heavy atom. The van der Waals surface area contributed by atoms with E-state index in [0.29, 0.717) is 11.4 Å². The van der Waals surface area contributed by atoms with Crippen LogP contribution in [0.5, 0.6) is 0 Å². The molecule has 1 radical (unpaired) electrons. The average molecular weight is 261 g/mol. The van der Waals surface area contributed by atoms with E-state index in [-0.39, 0.29) is 11.3 Å². The van der Waals surface area contributed by atoms with Gasteiger partial charge < -0.3 is 0 Å². The highest BCUT2D eigenvalue weighted by Gasteiger charge is 2.17. The first-order valence-corrected chi connectivity index (χ1v) is 6.69. The molecular weight excluding hydrogens is 250 g/mol. The molecule has 0 saturated heterocycles. The van der Waals surface area contributed by atoms with Gasteiger partial charge in [0.25, 0.3) is 15.9 Å². The standard InChI is InChI=1S/C10H11ClNO3S/c1-2-6-16(14,15)12-10(13)8-4-3-5-9(11)7-8/h3-5,7H,2,6H2,1H3. The summed E-state index contributed by atoms with van der Waals surface area (Å²) in [6, 6.07) is 6.02. The van der Waals surface area contributed by atoms with Crippen LogP contribution in [0, 0.1) is 0 Å². The van der Waals surface area contributed by atoms with Gasteiger partial charge in [0.1, 0.15) is 0 Å². The van der Waals surface area contributed by atoms with Gasteiger partial charge in [-0.05, 0) is 24.6 Å². The molecule has 0 saturated carbocycles. The van der Waals surface area contributed by atoms with Gasteiger partial charge in [-0.15, -0.1) is 4.72 Å². The second kappa shape index (κ2) is 5.32. The van der Waals surface area contributed by atoms with E-state index in [0.717, 1.165) is 0 Å². The molecule has 0 fully saturated rings. The number of amides is 1. The zero-order valence-electron chi connectivity index (χ0n) is 8.68. The maximum atomic E-state index is 11.5. The smallest absolute Gasteiger partial charge is 0.266 e. The Morgan fingerprint density at radius 1 is 1.44 bits per heavy atom. The van der Waals surface area contributed by atoms with Crippen LogP contribution in [-0.4, -0.2) is 20.1 Å². The van der Waals surface area contributed by atoms with Crippen LogP contribution in [0.1, 0.15) is 23.7 Å². The van der Waals surface area contributed by atoms with Crippen molar-refractivity contribution in [1.29, 1.82) is 0 Å². The van der Waals surface area contributed by atoms with Crippen molar-refractivity contribution in [3.8, 4) is 0 Å². The van der Waals surface area contributed by atoms with Gasteiger partial charge >= 0.3 is 0 Å². The summed E-state index contributed by atoms with van der Waals surface area (Å²) in [6.07, 6.45) is 0.425. The van der Waals surface area contributed by atoms with Gasteiger partial charge in [0.15, 0.2) is 0 Å². The molecular formula is C10H11ClNO3S. The first-order chi connectivity index (χ1) is 7.44. The van der Waals surface area contributed by atoms with Crippen molar-refractivity contribution in [2.45, 2.75) is 13.3 Å². The Labute approximate surface area is 99.7 Å². The van der Waals surface area contributed by atoms with Crippen LogP contribution in [0.3, 0.4) is 0 Å². The predicted molar refractivity (Wildman–Crippen MR) is 62.0 cm³/mol. The molecule has 4 nitrogen and oxygen atoms in total. The highest BCUT2D eigenvalue weighted by Crippen LogP contribution is 2.11. The van der Waals surface area contributed by atoms with Crippen LogP contribution in [0.15, 0.2) is 24.3 Å². The van der Waals surface area contributed by atoms with Crippen LogP contribution in [-0.2, 0) is 10.0 Å². The maximum absolute atomic E-state index is 11.5. The van der Waals surface area contributed by atoms with E-state index < -0.39 is 15.9 Å². The molecule has 87 valence electrons. The fourth-order valence-corrected chi connectivity index (χ4v) is 2.26. The summed E-state index contributed by atoms with van der Waals surface area (Å²) in [5.74, 6) is -0.907. The van der Waals surface area contributed by atoms with Gasteiger partial charge in [0.2, 0.25) is 0 Å². The highest BCUT2D eigenvalue weighted by atomic mass is 35.5. The van der Waals surface area contributed by atoms with Crippen LogP contribution >= 0.6 is 11.6 Å². The topological polar surface area (TPSA) is 65.3 Å². The van der Waals surface area contributed by atoms with Crippen LogP contribution in [0.4, 0.5) is 0 Å². The third kappa shape index (κ3) is 3.83. The summed E-state index contributed by atoms with van der Waals surface area (Å²) in [5.41, 5.74) is 0.173. The summed E-state index contributed by atoms with van der Waals surface area (Å²) in [5, 5.41) is 0.369. The predicted octanol–water partition coefficient (Wildman–Crippen LogP) is 1.82. The average Bonchev–Trinajstić information content (AvgIpc) is 2.16. The molecule has 0 aliphatic rings. The molecule has 0 aliphatic heterocycles. The second-order valence-electron chi connectivity index (χ2n) is 3.19. The zero-order valence-corrected chi connectivity index (χ0v) is 10.3. The number of halogens is 1. The van der Waals surface area contributed by atoms with Crippen molar-refractivity contribution in [2.24, 2.45) is 0 Å². The minimum Gasteiger partial charge on any atom is -0.266 e. The number of sulfonamides is 1. The van der Waals surface area contributed by atoms with Crippen LogP contribution in [0.25, 0.3) is 0 Å². The van der Waals surface area contributed by atoms with Gasteiger partial charge in [-0.25, -0.2) is 8.42 Å². The Balaban J connectivity index is 2.81. The summed E-state index contributed by atoms with van der Waals surface area (Å²) in [7, 11) is -3.66. The lowest BCUT2D eigenvalue weighted by Crippen LogP contribution is -2.25. The first-order valence-electron chi connectivity index (χ1n) is 4.70.